The molecule has 3 unspecified atom stereocenters. The maximum atomic E-state index is 13.4. The van der Waals surface area contributed by atoms with Crippen molar-refractivity contribution >= 4 is 23.4 Å². The number of nitrogens with one attached hydrogen (secondary N) is 2. The molecule has 0 bridgehead atoms. The molecule has 37 heavy (non-hydrogen) atoms. The number of amides is 2. The molecule has 2 heterocycles. The lowest BCUT2D eigenvalue weighted by atomic mass is 9.83. The molecule has 1 aromatic rings. The molecule has 2 amide bonds. The predicted octanol–water partition coefficient (Wildman–Crippen LogP) is 4.01. The Balaban J connectivity index is 1.62. The first-order valence-corrected chi connectivity index (χ1v) is 13.9. The van der Waals surface area contributed by atoms with Gasteiger partial charge in [0.2, 0.25) is 11.8 Å². The van der Waals surface area contributed by atoms with Crippen LogP contribution in [-0.2, 0) is 19.2 Å². The molecular formula is C30H45N3O4. The second-order valence-corrected chi connectivity index (χ2v) is 12.0. The zero-order chi connectivity index (χ0) is 27.2. The fraction of sp³-hybridized carbons (Fsp3) is 0.667. The van der Waals surface area contributed by atoms with Crippen molar-refractivity contribution in [2.45, 2.75) is 104 Å². The van der Waals surface area contributed by atoms with Crippen LogP contribution in [0.4, 0.5) is 0 Å². The van der Waals surface area contributed by atoms with Crippen molar-refractivity contribution < 1.29 is 19.2 Å². The van der Waals surface area contributed by atoms with Crippen molar-refractivity contribution in [1.29, 1.82) is 0 Å². The van der Waals surface area contributed by atoms with Crippen LogP contribution in [0.25, 0.3) is 0 Å². The standard InChI is InChI=1S/C30H45N3O4/c1-20(2)17-24(26(34)18-21(3)22-11-7-6-8-12-22)32-29(37)30(4,5)19-27(35)25-14-10-16-33(25)28(36)23-13-9-15-31-23/h6-8,11-12,20-21,23-25,31H,9-10,13-19H2,1-5H3,(H,32,37)/t21?,23-,24?,25?/m1/s1. The smallest absolute Gasteiger partial charge is 0.240 e. The van der Waals surface area contributed by atoms with E-state index in [4.69, 9.17) is 0 Å². The minimum Gasteiger partial charge on any atom is -0.346 e. The van der Waals surface area contributed by atoms with Crippen LogP contribution in [0.1, 0.15) is 91.0 Å². The van der Waals surface area contributed by atoms with E-state index in [1.165, 1.54) is 0 Å². The molecule has 204 valence electrons. The summed E-state index contributed by atoms with van der Waals surface area (Å²) in [6.07, 6.45) is 4.14. The van der Waals surface area contributed by atoms with Crippen LogP contribution in [0.15, 0.2) is 30.3 Å². The Labute approximate surface area is 222 Å². The van der Waals surface area contributed by atoms with Gasteiger partial charge in [0.05, 0.1) is 23.5 Å². The molecule has 0 spiro atoms. The molecule has 0 aliphatic carbocycles. The average Bonchev–Trinajstić information content (AvgIpc) is 3.55. The maximum Gasteiger partial charge on any atom is 0.240 e. The molecule has 2 N–H and O–H groups in total. The summed E-state index contributed by atoms with van der Waals surface area (Å²) in [5.74, 6) is -0.0692. The third-order valence-corrected chi connectivity index (χ3v) is 7.77. The predicted molar refractivity (Wildman–Crippen MR) is 145 cm³/mol. The topological polar surface area (TPSA) is 95.6 Å². The molecular weight excluding hydrogens is 466 g/mol. The van der Waals surface area contributed by atoms with E-state index in [1.807, 2.05) is 51.1 Å². The van der Waals surface area contributed by atoms with Crippen LogP contribution >= 0.6 is 0 Å². The van der Waals surface area contributed by atoms with Gasteiger partial charge < -0.3 is 15.5 Å². The first kappa shape index (κ1) is 29.0. The van der Waals surface area contributed by atoms with Crippen LogP contribution in [0, 0.1) is 11.3 Å². The molecule has 7 heteroatoms. The second kappa shape index (κ2) is 12.8. The highest BCUT2D eigenvalue weighted by atomic mass is 16.2. The molecule has 7 nitrogen and oxygen atoms in total. The van der Waals surface area contributed by atoms with Crippen LogP contribution in [0.5, 0.6) is 0 Å². The number of likely N-dealkylation sites (tertiary alicyclic amines) is 1. The summed E-state index contributed by atoms with van der Waals surface area (Å²) in [5, 5.41) is 6.22. The summed E-state index contributed by atoms with van der Waals surface area (Å²) in [6, 6.07) is 8.65. The van der Waals surface area contributed by atoms with Gasteiger partial charge in [-0.25, -0.2) is 0 Å². The summed E-state index contributed by atoms with van der Waals surface area (Å²) >= 11 is 0. The number of rotatable bonds is 12. The number of hydrogen-bond donors (Lipinski definition) is 2. The largest absolute Gasteiger partial charge is 0.346 e. The fourth-order valence-electron chi connectivity index (χ4n) is 5.53. The Hall–Kier alpha value is -2.54. The second-order valence-electron chi connectivity index (χ2n) is 12.0. The van der Waals surface area contributed by atoms with Crippen molar-refractivity contribution in [3.05, 3.63) is 35.9 Å². The molecule has 4 atom stereocenters. The molecule has 0 saturated carbocycles. The summed E-state index contributed by atoms with van der Waals surface area (Å²) in [5.41, 5.74) is 0.112. The number of hydrogen-bond acceptors (Lipinski definition) is 5. The van der Waals surface area contributed by atoms with E-state index in [-0.39, 0.29) is 47.7 Å². The highest BCUT2D eigenvalue weighted by Gasteiger charge is 2.41. The summed E-state index contributed by atoms with van der Waals surface area (Å²) in [7, 11) is 0. The Kier molecular flexibility index (Phi) is 10.0. The van der Waals surface area contributed by atoms with Crippen LogP contribution < -0.4 is 10.6 Å². The van der Waals surface area contributed by atoms with Gasteiger partial charge >= 0.3 is 0 Å². The normalized spacial score (nSPS) is 21.6. The van der Waals surface area contributed by atoms with Gasteiger partial charge in [-0.15, -0.1) is 0 Å². The number of Topliss-reactive ketones (excluding diaryl/α,β-unsaturated/α-hetero) is 2. The van der Waals surface area contributed by atoms with Gasteiger partial charge in [0.15, 0.2) is 11.6 Å². The summed E-state index contributed by atoms with van der Waals surface area (Å²) < 4.78 is 0. The van der Waals surface area contributed by atoms with Crippen LogP contribution in [-0.4, -0.2) is 59.5 Å². The SMILES string of the molecule is CC(C)CC(NC(=O)C(C)(C)CC(=O)C1CCCN1C(=O)[C@H]1CCCN1)C(=O)CC(C)c1ccccc1. The van der Waals surface area contributed by atoms with E-state index < -0.39 is 17.5 Å². The van der Waals surface area contributed by atoms with Gasteiger partial charge in [0, 0.05) is 19.4 Å². The van der Waals surface area contributed by atoms with E-state index >= 15 is 0 Å². The van der Waals surface area contributed by atoms with E-state index in [9.17, 15) is 19.2 Å². The highest BCUT2D eigenvalue weighted by Crippen LogP contribution is 2.29. The van der Waals surface area contributed by atoms with Gasteiger partial charge in [-0.3, -0.25) is 19.2 Å². The van der Waals surface area contributed by atoms with Gasteiger partial charge in [-0.1, -0.05) is 65.0 Å². The molecule has 2 aliphatic heterocycles. The van der Waals surface area contributed by atoms with Crippen LogP contribution in [0.2, 0.25) is 0 Å². The molecule has 0 aromatic heterocycles. The summed E-state index contributed by atoms with van der Waals surface area (Å²) in [6.45, 7) is 11.0. The third kappa shape index (κ3) is 7.73. The van der Waals surface area contributed by atoms with Crippen LogP contribution in [0.3, 0.4) is 0 Å². The first-order chi connectivity index (χ1) is 17.5. The molecule has 2 saturated heterocycles. The van der Waals surface area contributed by atoms with E-state index in [0.29, 0.717) is 25.8 Å². The number of carbonyl (C=O) groups is 4. The summed E-state index contributed by atoms with van der Waals surface area (Å²) in [4.78, 5) is 54.7. The lowest BCUT2D eigenvalue weighted by Gasteiger charge is -2.31. The molecule has 3 rings (SSSR count). The first-order valence-electron chi connectivity index (χ1n) is 13.9. The van der Waals surface area contributed by atoms with Crippen molar-refractivity contribution in [3.63, 3.8) is 0 Å². The maximum absolute atomic E-state index is 13.4. The Morgan fingerprint density at radius 3 is 2.38 bits per heavy atom. The third-order valence-electron chi connectivity index (χ3n) is 7.77. The van der Waals surface area contributed by atoms with E-state index in [2.05, 4.69) is 10.6 Å². The van der Waals surface area contributed by atoms with Gasteiger partial charge in [-0.05, 0) is 56.0 Å². The molecule has 2 fully saturated rings. The fourth-order valence-corrected chi connectivity index (χ4v) is 5.53. The molecule has 0 radical (unpaired) electrons. The number of ketones is 2. The number of carbonyl (C=O) groups excluding carboxylic acids is 4. The molecule has 2 aliphatic rings. The Morgan fingerprint density at radius 1 is 1.05 bits per heavy atom. The van der Waals surface area contributed by atoms with Crippen molar-refractivity contribution in [2.24, 2.45) is 11.3 Å². The number of benzene rings is 1. The lowest BCUT2D eigenvalue weighted by Crippen LogP contribution is -2.51. The van der Waals surface area contributed by atoms with Gasteiger partial charge in [-0.2, -0.15) is 0 Å². The molecule has 1 aromatic carbocycles. The lowest BCUT2D eigenvalue weighted by molar-refractivity contribution is -0.142. The zero-order valence-corrected chi connectivity index (χ0v) is 23.2. The van der Waals surface area contributed by atoms with Crippen molar-refractivity contribution in [2.75, 3.05) is 13.1 Å². The highest BCUT2D eigenvalue weighted by molar-refractivity contribution is 5.96. The van der Waals surface area contributed by atoms with Gasteiger partial charge in [0.25, 0.3) is 0 Å². The van der Waals surface area contributed by atoms with Gasteiger partial charge in [0.1, 0.15) is 0 Å². The minimum atomic E-state index is -0.986. The minimum absolute atomic E-state index is 0.00531. The Bertz CT molecular complexity index is 953. The average molecular weight is 512 g/mol. The zero-order valence-electron chi connectivity index (χ0n) is 23.2. The van der Waals surface area contributed by atoms with E-state index in [1.54, 1.807) is 18.7 Å². The van der Waals surface area contributed by atoms with E-state index in [0.717, 1.165) is 31.4 Å². The Morgan fingerprint density at radius 2 is 1.76 bits per heavy atom. The quantitative estimate of drug-likeness (QED) is 0.442. The monoisotopic (exact) mass is 511 g/mol. The van der Waals surface area contributed by atoms with Crippen molar-refractivity contribution in [3.8, 4) is 0 Å². The van der Waals surface area contributed by atoms with Crippen molar-refractivity contribution in [1.82, 2.24) is 15.5 Å². The number of nitrogens with zero attached hydrogens (tertiary/aromatic N) is 1.